The maximum Gasteiger partial charge on any atom is 0.223 e. The molecule has 5 nitrogen and oxygen atoms in total. The van der Waals surface area contributed by atoms with Crippen molar-refractivity contribution in [3.05, 3.63) is 12.7 Å². The van der Waals surface area contributed by atoms with Crippen molar-refractivity contribution in [2.75, 3.05) is 14.1 Å². The van der Waals surface area contributed by atoms with Crippen LogP contribution in [0.25, 0.3) is 0 Å². The Balaban J connectivity index is 2.32. The van der Waals surface area contributed by atoms with Crippen LogP contribution in [-0.4, -0.2) is 39.7 Å². The van der Waals surface area contributed by atoms with Crippen molar-refractivity contribution in [1.29, 1.82) is 0 Å². The van der Waals surface area contributed by atoms with E-state index < -0.39 is 0 Å². The molecular weight excluding hydrogens is 156 g/mol. The summed E-state index contributed by atoms with van der Waals surface area (Å²) in [6, 6.07) is 0. The molecule has 0 fully saturated rings. The molecule has 0 aliphatic rings. The van der Waals surface area contributed by atoms with Crippen molar-refractivity contribution < 1.29 is 4.79 Å². The summed E-state index contributed by atoms with van der Waals surface area (Å²) < 4.78 is 1.78. The summed E-state index contributed by atoms with van der Waals surface area (Å²) in [5, 5.41) is 7.27. The molecule has 0 aliphatic carbocycles. The van der Waals surface area contributed by atoms with Crippen LogP contribution >= 0.6 is 0 Å². The monoisotopic (exact) mass is 168 g/mol. The summed E-state index contributed by atoms with van der Waals surface area (Å²) in [5.74, 6) is 0.115. The first-order valence-corrected chi connectivity index (χ1v) is 3.72. The van der Waals surface area contributed by atoms with Crippen molar-refractivity contribution in [2.24, 2.45) is 0 Å². The standard InChI is InChI=1S/C7H12N4O/c1-10(2)7(12)3-4-11-5-8-9-6-11/h5-6H,3-4H2,1-2H3. The maximum atomic E-state index is 11.1. The lowest BCUT2D eigenvalue weighted by molar-refractivity contribution is -0.128. The van der Waals surface area contributed by atoms with Gasteiger partial charge in [0.25, 0.3) is 0 Å². The summed E-state index contributed by atoms with van der Waals surface area (Å²) in [5.41, 5.74) is 0. The lowest BCUT2D eigenvalue weighted by atomic mass is 10.4. The number of carbonyl (C=O) groups excluding carboxylic acids is 1. The fourth-order valence-corrected chi connectivity index (χ4v) is 0.786. The molecule has 1 aromatic heterocycles. The first kappa shape index (κ1) is 8.70. The Morgan fingerprint density at radius 1 is 1.42 bits per heavy atom. The third-order valence-corrected chi connectivity index (χ3v) is 1.55. The molecule has 0 spiro atoms. The number of rotatable bonds is 3. The van der Waals surface area contributed by atoms with E-state index in [2.05, 4.69) is 10.2 Å². The van der Waals surface area contributed by atoms with Gasteiger partial charge in [0.15, 0.2) is 0 Å². The normalized spacial score (nSPS) is 9.83. The zero-order valence-electron chi connectivity index (χ0n) is 7.27. The highest BCUT2D eigenvalue weighted by molar-refractivity contribution is 5.75. The number of hydrogen-bond acceptors (Lipinski definition) is 3. The van der Waals surface area contributed by atoms with Gasteiger partial charge >= 0.3 is 0 Å². The molecule has 0 aromatic carbocycles. The van der Waals surface area contributed by atoms with Gasteiger partial charge in [-0.15, -0.1) is 10.2 Å². The molecule has 0 saturated carbocycles. The van der Waals surface area contributed by atoms with Crippen LogP contribution in [-0.2, 0) is 11.3 Å². The van der Waals surface area contributed by atoms with E-state index in [1.807, 2.05) is 0 Å². The highest BCUT2D eigenvalue weighted by Gasteiger charge is 2.02. The average molecular weight is 168 g/mol. The molecule has 0 bridgehead atoms. The minimum atomic E-state index is 0.115. The van der Waals surface area contributed by atoms with Gasteiger partial charge in [-0.1, -0.05) is 0 Å². The molecule has 12 heavy (non-hydrogen) atoms. The predicted molar refractivity (Wildman–Crippen MR) is 43.3 cm³/mol. The Bertz CT molecular complexity index is 242. The lowest BCUT2D eigenvalue weighted by Gasteiger charge is -2.09. The van der Waals surface area contributed by atoms with Crippen LogP contribution in [0.2, 0.25) is 0 Å². The highest BCUT2D eigenvalue weighted by Crippen LogP contribution is 1.91. The largest absolute Gasteiger partial charge is 0.349 e. The van der Waals surface area contributed by atoms with Gasteiger partial charge < -0.3 is 9.47 Å². The summed E-state index contributed by atoms with van der Waals surface area (Å²) >= 11 is 0. The van der Waals surface area contributed by atoms with Crippen molar-refractivity contribution >= 4 is 5.91 Å². The molecule has 1 rings (SSSR count). The van der Waals surface area contributed by atoms with Crippen LogP contribution < -0.4 is 0 Å². The summed E-state index contributed by atoms with van der Waals surface area (Å²) in [6.07, 6.45) is 3.69. The third kappa shape index (κ3) is 2.34. The second kappa shape index (κ2) is 3.85. The fraction of sp³-hybridized carbons (Fsp3) is 0.571. The molecule has 1 amide bonds. The molecule has 0 saturated heterocycles. The van der Waals surface area contributed by atoms with Gasteiger partial charge in [-0.05, 0) is 0 Å². The Morgan fingerprint density at radius 2 is 2.00 bits per heavy atom. The van der Waals surface area contributed by atoms with Crippen LogP contribution in [0, 0.1) is 0 Å². The molecule has 0 N–H and O–H groups in total. The van der Waals surface area contributed by atoms with E-state index >= 15 is 0 Å². The smallest absolute Gasteiger partial charge is 0.223 e. The van der Waals surface area contributed by atoms with Gasteiger partial charge in [-0.2, -0.15) is 0 Å². The van der Waals surface area contributed by atoms with E-state index in [1.54, 1.807) is 36.2 Å². The quantitative estimate of drug-likeness (QED) is 0.625. The molecule has 5 heteroatoms. The van der Waals surface area contributed by atoms with Gasteiger partial charge in [0.05, 0.1) is 0 Å². The van der Waals surface area contributed by atoms with Crippen molar-refractivity contribution in [3.63, 3.8) is 0 Å². The molecule has 0 radical (unpaired) electrons. The molecule has 0 atom stereocenters. The fourth-order valence-electron chi connectivity index (χ4n) is 0.786. The first-order chi connectivity index (χ1) is 5.70. The molecule has 1 aromatic rings. The Morgan fingerprint density at radius 3 is 2.50 bits per heavy atom. The van der Waals surface area contributed by atoms with Gasteiger partial charge in [0, 0.05) is 27.1 Å². The number of nitrogens with zero attached hydrogens (tertiary/aromatic N) is 4. The number of aryl methyl sites for hydroxylation is 1. The van der Waals surface area contributed by atoms with Crippen LogP contribution in [0.1, 0.15) is 6.42 Å². The maximum absolute atomic E-state index is 11.1. The minimum Gasteiger partial charge on any atom is -0.349 e. The molecule has 66 valence electrons. The summed E-state index contributed by atoms with van der Waals surface area (Å²) in [6.45, 7) is 0.643. The second-order valence-electron chi connectivity index (χ2n) is 2.74. The number of carbonyl (C=O) groups is 1. The van der Waals surface area contributed by atoms with E-state index in [9.17, 15) is 4.79 Å². The Labute approximate surface area is 71.0 Å². The SMILES string of the molecule is CN(C)C(=O)CCn1cnnc1. The van der Waals surface area contributed by atoms with Gasteiger partial charge in [0.1, 0.15) is 12.7 Å². The molecule has 1 heterocycles. The zero-order valence-corrected chi connectivity index (χ0v) is 7.27. The average Bonchev–Trinajstić information content (AvgIpc) is 2.51. The predicted octanol–water partition coefficient (Wildman–Crippen LogP) is -0.244. The van der Waals surface area contributed by atoms with Crippen LogP contribution in [0.3, 0.4) is 0 Å². The lowest BCUT2D eigenvalue weighted by Crippen LogP contribution is -2.22. The Kier molecular flexibility index (Phi) is 2.79. The van der Waals surface area contributed by atoms with Gasteiger partial charge in [0.2, 0.25) is 5.91 Å². The second-order valence-corrected chi connectivity index (χ2v) is 2.74. The topological polar surface area (TPSA) is 51.0 Å². The van der Waals surface area contributed by atoms with E-state index in [-0.39, 0.29) is 5.91 Å². The summed E-state index contributed by atoms with van der Waals surface area (Å²) in [7, 11) is 3.49. The van der Waals surface area contributed by atoms with Crippen LogP contribution in [0.5, 0.6) is 0 Å². The van der Waals surface area contributed by atoms with E-state index in [4.69, 9.17) is 0 Å². The van der Waals surface area contributed by atoms with Gasteiger partial charge in [-0.25, -0.2) is 0 Å². The third-order valence-electron chi connectivity index (χ3n) is 1.55. The number of aromatic nitrogens is 3. The van der Waals surface area contributed by atoms with Crippen molar-refractivity contribution in [3.8, 4) is 0 Å². The number of hydrogen-bond donors (Lipinski definition) is 0. The van der Waals surface area contributed by atoms with E-state index in [0.717, 1.165) is 0 Å². The number of amides is 1. The molecule has 0 unspecified atom stereocenters. The first-order valence-electron chi connectivity index (χ1n) is 3.72. The highest BCUT2D eigenvalue weighted by atomic mass is 16.2. The van der Waals surface area contributed by atoms with Crippen molar-refractivity contribution in [2.45, 2.75) is 13.0 Å². The molecule has 0 aliphatic heterocycles. The van der Waals surface area contributed by atoms with E-state index in [1.165, 1.54) is 0 Å². The summed E-state index contributed by atoms with van der Waals surface area (Å²) in [4.78, 5) is 12.7. The molecular formula is C7H12N4O. The zero-order chi connectivity index (χ0) is 8.97. The van der Waals surface area contributed by atoms with Crippen molar-refractivity contribution in [1.82, 2.24) is 19.7 Å². The Hall–Kier alpha value is -1.39. The van der Waals surface area contributed by atoms with Crippen LogP contribution in [0.15, 0.2) is 12.7 Å². The van der Waals surface area contributed by atoms with Gasteiger partial charge in [-0.3, -0.25) is 4.79 Å². The van der Waals surface area contributed by atoms with E-state index in [0.29, 0.717) is 13.0 Å². The minimum absolute atomic E-state index is 0.115. The van der Waals surface area contributed by atoms with Crippen LogP contribution in [0.4, 0.5) is 0 Å².